The normalized spacial score (nSPS) is 10.7. The van der Waals surface area contributed by atoms with Gasteiger partial charge in [0.2, 0.25) is 0 Å². The Bertz CT molecular complexity index is 1010. The van der Waals surface area contributed by atoms with Gasteiger partial charge >= 0.3 is 5.97 Å². The molecular formula is C22H21N3O4. The van der Waals surface area contributed by atoms with Crippen LogP contribution in [-0.2, 0) is 14.3 Å². The van der Waals surface area contributed by atoms with Gasteiger partial charge in [0.05, 0.1) is 19.9 Å². The minimum absolute atomic E-state index is 0.103. The second kappa shape index (κ2) is 9.89. The average Bonchev–Trinajstić information content (AvgIpc) is 2.76. The van der Waals surface area contributed by atoms with Crippen LogP contribution in [0.15, 0.2) is 71.8 Å². The number of methoxy groups -OCH3 is 1. The molecule has 148 valence electrons. The van der Waals surface area contributed by atoms with Gasteiger partial charge < -0.3 is 14.8 Å². The summed E-state index contributed by atoms with van der Waals surface area (Å²) in [5.41, 5.74) is 4.16. The molecule has 3 rings (SSSR count). The fourth-order valence-corrected chi connectivity index (χ4v) is 2.62. The van der Waals surface area contributed by atoms with Crippen LogP contribution in [-0.4, -0.2) is 38.4 Å². The molecule has 0 aliphatic rings. The highest BCUT2D eigenvalue weighted by Crippen LogP contribution is 2.22. The third-order valence-electron chi connectivity index (χ3n) is 4.10. The minimum atomic E-state index is -0.449. The first kappa shape index (κ1) is 19.9. The summed E-state index contributed by atoms with van der Waals surface area (Å²) in [7, 11) is 1.30. The Kier molecular flexibility index (Phi) is 6.78. The predicted octanol–water partition coefficient (Wildman–Crippen LogP) is 2.95. The lowest BCUT2D eigenvalue weighted by atomic mass is 10.1. The molecule has 0 fully saturated rings. The van der Waals surface area contributed by atoms with Crippen molar-refractivity contribution >= 4 is 34.6 Å². The molecule has 7 nitrogen and oxygen atoms in total. The molecule has 3 aromatic carbocycles. The number of carbonyl (C=O) groups excluding carboxylic acids is 2. The SMILES string of the molecule is COC(=O)COc1ccc(/C=N\NC(=O)CNc2cccc3ccccc23)cc1. The molecular weight excluding hydrogens is 370 g/mol. The van der Waals surface area contributed by atoms with Crippen molar-refractivity contribution in [2.24, 2.45) is 5.10 Å². The molecule has 0 saturated carbocycles. The van der Waals surface area contributed by atoms with Crippen molar-refractivity contribution in [3.63, 3.8) is 0 Å². The zero-order valence-electron chi connectivity index (χ0n) is 15.9. The van der Waals surface area contributed by atoms with E-state index in [1.165, 1.54) is 13.3 Å². The molecule has 29 heavy (non-hydrogen) atoms. The molecule has 1 amide bonds. The van der Waals surface area contributed by atoms with Crippen LogP contribution >= 0.6 is 0 Å². The number of hydrogen-bond donors (Lipinski definition) is 2. The maximum absolute atomic E-state index is 12.0. The second-order valence-electron chi connectivity index (χ2n) is 6.11. The number of fused-ring (bicyclic) bond motifs is 1. The van der Waals surface area contributed by atoms with Gasteiger partial charge in [-0.2, -0.15) is 5.10 Å². The molecule has 0 aromatic heterocycles. The monoisotopic (exact) mass is 391 g/mol. The number of rotatable bonds is 8. The lowest BCUT2D eigenvalue weighted by Crippen LogP contribution is -2.25. The van der Waals surface area contributed by atoms with E-state index in [9.17, 15) is 9.59 Å². The summed E-state index contributed by atoms with van der Waals surface area (Å²) in [6.45, 7) is -0.0463. The number of benzene rings is 3. The summed E-state index contributed by atoms with van der Waals surface area (Å²) in [5.74, 6) is -0.168. The first-order valence-corrected chi connectivity index (χ1v) is 8.99. The number of nitrogens with one attached hydrogen (secondary N) is 2. The number of hydrazone groups is 1. The van der Waals surface area contributed by atoms with E-state index in [1.807, 2.05) is 42.5 Å². The summed E-state index contributed by atoms with van der Waals surface area (Å²) in [4.78, 5) is 23.1. The van der Waals surface area contributed by atoms with E-state index in [0.29, 0.717) is 5.75 Å². The molecule has 3 aromatic rings. The molecule has 0 heterocycles. The first-order chi connectivity index (χ1) is 14.2. The van der Waals surface area contributed by atoms with Gasteiger partial charge in [-0.05, 0) is 41.3 Å². The summed E-state index contributed by atoms with van der Waals surface area (Å²) in [6, 6.07) is 20.8. The second-order valence-corrected chi connectivity index (χ2v) is 6.11. The zero-order chi connectivity index (χ0) is 20.5. The molecule has 0 aliphatic carbocycles. The van der Waals surface area contributed by atoms with Gasteiger partial charge in [-0.3, -0.25) is 4.79 Å². The van der Waals surface area contributed by atoms with Crippen LogP contribution in [0.4, 0.5) is 5.69 Å². The number of esters is 1. The van der Waals surface area contributed by atoms with Crippen molar-refractivity contribution in [1.29, 1.82) is 0 Å². The van der Waals surface area contributed by atoms with Crippen molar-refractivity contribution in [2.75, 3.05) is 25.6 Å². The highest BCUT2D eigenvalue weighted by Gasteiger charge is 2.03. The van der Waals surface area contributed by atoms with E-state index in [0.717, 1.165) is 22.0 Å². The topological polar surface area (TPSA) is 89.0 Å². The minimum Gasteiger partial charge on any atom is -0.482 e. The molecule has 0 radical (unpaired) electrons. The highest BCUT2D eigenvalue weighted by atomic mass is 16.6. The summed E-state index contributed by atoms with van der Waals surface area (Å²) >= 11 is 0. The third kappa shape index (κ3) is 5.80. The Hall–Kier alpha value is -3.87. The number of nitrogens with zero attached hydrogens (tertiary/aromatic N) is 1. The zero-order valence-corrected chi connectivity index (χ0v) is 15.9. The lowest BCUT2D eigenvalue weighted by Gasteiger charge is -2.08. The Morgan fingerprint density at radius 3 is 2.55 bits per heavy atom. The van der Waals surface area contributed by atoms with Crippen molar-refractivity contribution in [3.8, 4) is 5.75 Å². The summed E-state index contributed by atoms with van der Waals surface area (Å²) in [6.07, 6.45) is 1.53. The van der Waals surface area contributed by atoms with Crippen molar-refractivity contribution in [3.05, 3.63) is 72.3 Å². The maximum Gasteiger partial charge on any atom is 0.343 e. The van der Waals surface area contributed by atoms with E-state index in [4.69, 9.17) is 4.74 Å². The number of amides is 1. The molecule has 0 atom stereocenters. The maximum atomic E-state index is 12.0. The van der Waals surface area contributed by atoms with Gasteiger partial charge in [-0.25, -0.2) is 10.2 Å². The van der Waals surface area contributed by atoms with Gasteiger partial charge in [-0.1, -0.05) is 36.4 Å². The fraction of sp³-hybridized carbons (Fsp3) is 0.136. The largest absolute Gasteiger partial charge is 0.482 e. The standard InChI is InChI=1S/C22H21N3O4/c1-28-22(27)15-29-18-11-9-16(10-12-18)13-24-25-21(26)14-23-20-8-4-6-17-5-2-3-7-19(17)20/h2-13,23H,14-15H2,1H3,(H,25,26)/b24-13-. The molecule has 0 saturated heterocycles. The molecule has 7 heteroatoms. The lowest BCUT2D eigenvalue weighted by molar-refractivity contribution is -0.142. The van der Waals surface area contributed by atoms with Crippen LogP contribution < -0.4 is 15.5 Å². The quantitative estimate of drug-likeness (QED) is 0.350. The predicted molar refractivity (Wildman–Crippen MR) is 112 cm³/mol. The van der Waals surface area contributed by atoms with E-state index >= 15 is 0 Å². The van der Waals surface area contributed by atoms with Crippen LogP contribution in [0.2, 0.25) is 0 Å². The number of hydrogen-bond acceptors (Lipinski definition) is 6. The fourth-order valence-electron chi connectivity index (χ4n) is 2.62. The Morgan fingerprint density at radius 2 is 1.76 bits per heavy atom. The molecule has 2 N–H and O–H groups in total. The van der Waals surface area contributed by atoms with Crippen LogP contribution in [0.25, 0.3) is 10.8 Å². The van der Waals surface area contributed by atoms with Crippen molar-refractivity contribution in [2.45, 2.75) is 0 Å². The van der Waals surface area contributed by atoms with Gasteiger partial charge in [-0.15, -0.1) is 0 Å². The van der Waals surface area contributed by atoms with Crippen molar-refractivity contribution in [1.82, 2.24) is 5.43 Å². The van der Waals surface area contributed by atoms with Crippen LogP contribution in [0.1, 0.15) is 5.56 Å². The van der Waals surface area contributed by atoms with Gasteiger partial charge in [0.25, 0.3) is 5.91 Å². The van der Waals surface area contributed by atoms with Crippen LogP contribution in [0.5, 0.6) is 5.75 Å². The van der Waals surface area contributed by atoms with E-state index in [2.05, 4.69) is 20.6 Å². The van der Waals surface area contributed by atoms with Gasteiger partial charge in [0.1, 0.15) is 5.75 Å². The number of carbonyl (C=O) groups is 2. The summed E-state index contributed by atoms with van der Waals surface area (Å²) in [5, 5.41) is 9.25. The van der Waals surface area contributed by atoms with Crippen LogP contribution in [0, 0.1) is 0 Å². The third-order valence-corrected chi connectivity index (χ3v) is 4.10. The Morgan fingerprint density at radius 1 is 1.00 bits per heavy atom. The van der Waals surface area contributed by atoms with Crippen molar-refractivity contribution < 1.29 is 19.1 Å². The average molecular weight is 391 g/mol. The molecule has 0 aliphatic heterocycles. The highest BCUT2D eigenvalue weighted by molar-refractivity contribution is 5.95. The van der Waals surface area contributed by atoms with E-state index in [1.54, 1.807) is 24.3 Å². The summed E-state index contributed by atoms with van der Waals surface area (Å²) < 4.78 is 9.77. The Balaban J connectivity index is 1.47. The van der Waals surface area contributed by atoms with E-state index in [-0.39, 0.29) is 19.1 Å². The first-order valence-electron chi connectivity index (χ1n) is 8.99. The smallest absolute Gasteiger partial charge is 0.343 e. The van der Waals surface area contributed by atoms with E-state index < -0.39 is 5.97 Å². The number of ether oxygens (including phenoxy) is 2. The van der Waals surface area contributed by atoms with Crippen LogP contribution in [0.3, 0.4) is 0 Å². The molecule has 0 bridgehead atoms. The van der Waals surface area contributed by atoms with Gasteiger partial charge in [0.15, 0.2) is 6.61 Å². The molecule has 0 unspecified atom stereocenters. The number of anilines is 1. The Labute approximate surface area is 168 Å². The van der Waals surface area contributed by atoms with Gasteiger partial charge in [0, 0.05) is 11.1 Å². The molecule has 0 spiro atoms.